The van der Waals surface area contributed by atoms with E-state index in [-0.39, 0.29) is 6.23 Å². The van der Waals surface area contributed by atoms with Crippen LogP contribution in [0.4, 0.5) is 0 Å². The lowest BCUT2D eigenvalue weighted by atomic mass is 10.2. The van der Waals surface area contributed by atoms with Gasteiger partial charge in [-0.25, -0.2) is 0 Å². The van der Waals surface area contributed by atoms with Crippen molar-refractivity contribution in [3.63, 3.8) is 0 Å². The predicted molar refractivity (Wildman–Crippen MR) is 70.8 cm³/mol. The van der Waals surface area contributed by atoms with E-state index in [1.54, 1.807) is 7.11 Å². The zero-order chi connectivity index (χ0) is 13.4. The van der Waals surface area contributed by atoms with Crippen molar-refractivity contribution in [2.24, 2.45) is 0 Å². The van der Waals surface area contributed by atoms with E-state index in [1.165, 1.54) is 0 Å². The molecule has 0 rings (SSSR count). The van der Waals surface area contributed by atoms with E-state index < -0.39 is 0 Å². The molecule has 0 heterocycles. The van der Waals surface area contributed by atoms with E-state index >= 15 is 0 Å². The van der Waals surface area contributed by atoms with Crippen molar-refractivity contribution < 1.29 is 9.47 Å². The maximum Gasteiger partial charge on any atom is 0.135 e. The SMILES string of the molecule is COC(C(=CN(C)C)COCN(C)C)N(C)C. The number of hydrogen-bond donors (Lipinski definition) is 0. The molecule has 0 radical (unpaired) electrons. The maximum absolute atomic E-state index is 5.62. The van der Waals surface area contributed by atoms with Gasteiger partial charge in [0.05, 0.1) is 13.3 Å². The van der Waals surface area contributed by atoms with Gasteiger partial charge in [0.25, 0.3) is 0 Å². The van der Waals surface area contributed by atoms with Gasteiger partial charge in [-0.2, -0.15) is 0 Å². The van der Waals surface area contributed by atoms with Crippen molar-refractivity contribution in [2.75, 3.05) is 62.7 Å². The average molecular weight is 245 g/mol. The number of ether oxygens (including phenoxy) is 2. The molecule has 0 saturated carbocycles. The third-order valence-corrected chi connectivity index (χ3v) is 2.05. The van der Waals surface area contributed by atoms with E-state index in [0.29, 0.717) is 13.3 Å². The van der Waals surface area contributed by atoms with Crippen LogP contribution in [-0.4, -0.2) is 83.7 Å². The second-order valence-corrected chi connectivity index (χ2v) is 4.78. The molecule has 5 nitrogen and oxygen atoms in total. The Balaban J connectivity index is 4.53. The molecule has 1 unspecified atom stereocenters. The molecule has 0 aliphatic heterocycles. The molecule has 0 bridgehead atoms. The Hall–Kier alpha value is -0.620. The lowest BCUT2D eigenvalue weighted by molar-refractivity contribution is 0.000783. The molecule has 0 aromatic carbocycles. The van der Waals surface area contributed by atoms with Gasteiger partial charge in [0.15, 0.2) is 0 Å². The summed E-state index contributed by atoms with van der Waals surface area (Å²) in [5.74, 6) is 0. The standard InChI is InChI=1S/C12H27N3O2/c1-13(2)8-11(9-17-10-14(3)4)12(16-7)15(5)6/h8,12H,9-10H2,1-7H3. The minimum atomic E-state index is -0.0560. The Kier molecular flexibility index (Phi) is 8.16. The quantitative estimate of drug-likeness (QED) is 0.581. The van der Waals surface area contributed by atoms with Crippen LogP contribution in [0.15, 0.2) is 11.8 Å². The van der Waals surface area contributed by atoms with E-state index in [9.17, 15) is 0 Å². The van der Waals surface area contributed by atoms with Gasteiger partial charge in [-0.3, -0.25) is 9.80 Å². The third-order valence-electron chi connectivity index (χ3n) is 2.05. The Morgan fingerprint density at radius 1 is 1.12 bits per heavy atom. The molecule has 0 N–H and O–H groups in total. The van der Waals surface area contributed by atoms with Gasteiger partial charge in [0, 0.05) is 33.0 Å². The summed E-state index contributed by atoms with van der Waals surface area (Å²) in [5.41, 5.74) is 1.10. The molecule has 0 fully saturated rings. The highest BCUT2D eigenvalue weighted by atomic mass is 16.5. The summed E-state index contributed by atoms with van der Waals surface area (Å²) in [5, 5.41) is 0. The third kappa shape index (κ3) is 7.33. The molecular formula is C12H27N3O2. The molecule has 0 aliphatic carbocycles. The van der Waals surface area contributed by atoms with Gasteiger partial charge in [0.1, 0.15) is 6.23 Å². The van der Waals surface area contributed by atoms with Crippen LogP contribution in [0, 0.1) is 0 Å². The van der Waals surface area contributed by atoms with Crippen LogP contribution < -0.4 is 0 Å². The Morgan fingerprint density at radius 2 is 1.71 bits per heavy atom. The van der Waals surface area contributed by atoms with Crippen molar-refractivity contribution in [1.29, 1.82) is 0 Å². The first-order valence-corrected chi connectivity index (χ1v) is 5.67. The zero-order valence-electron chi connectivity index (χ0n) is 12.2. The van der Waals surface area contributed by atoms with E-state index in [4.69, 9.17) is 9.47 Å². The molecule has 102 valence electrons. The molecule has 0 aromatic rings. The minimum absolute atomic E-state index is 0.0560. The second kappa shape index (κ2) is 8.47. The van der Waals surface area contributed by atoms with Gasteiger partial charge >= 0.3 is 0 Å². The van der Waals surface area contributed by atoms with Gasteiger partial charge in [-0.05, 0) is 28.2 Å². The normalized spacial score (nSPS) is 14.5. The first kappa shape index (κ1) is 16.4. The summed E-state index contributed by atoms with van der Waals surface area (Å²) in [4.78, 5) is 6.02. The van der Waals surface area contributed by atoms with Crippen LogP contribution in [0.2, 0.25) is 0 Å². The molecule has 0 spiro atoms. The van der Waals surface area contributed by atoms with Crippen molar-refractivity contribution >= 4 is 0 Å². The Morgan fingerprint density at radius 3 is 2.06 bits per heavy atom. The second-order valence-electron chi connectivity index (χ2n) is 4.78. The largest absolute Gasteiger partial charge is 0.383 e. The Bertz CT molecular complexity index is 228. The maximum atomic E-state index is 5.62. The van der Waals surface area contributed by atoms with Crippen molar-refractivity contribution in [1.82, 2.24) is 14.7 Å². The molecule has 1 atom stereocenters. The fourth-order valence-corrected chi connectivity index (χ4v) is 1.54. The summed E-state index contributed by atoms with van der Waals surface area (Å²) in [7, 11) is 13.6. The van der Waals surface area contributed by atoms with E-state index in [2.05, 4.69) is 0 Å². The lowest BCUT2D eigenvalue weighted by Gasteiger charge is -2.27. The fourth-order valence-electron chi connectivity index (χ4n) is 1.54. The minimum Gasteiger partial charge on any atom is -0.383 e. The van der Waals surface area contributed by atoms with Crippen LogP contribution in [0.25, 0.3) is 0 Å². The van der Waals surface area contributed by atoms with Gasteiger partial charge in [-0.15, -0.1) is 0 Å². The summed E-state index contributed by atoms with van der Waals surface area (Å²) in [6.07, 6.45) is 1.99. The van der Waals surface area contributed by atoms with Crippen LogP contribution >= 0.6 is 0 Å². The first-order chi connectivity index (χ1) is 7.88. The van der Waals surface area contributed by atoms with E-state index in [1.807, 2.05) is 63.2 Å². The molecule has 0 aromatic heterocycles. The van der Waals surface area contributed by atoms with Crippen LogP contribution in [-0.2, 0) is 9.47 Å². The number of methoxy groups -OCH3 is 1. The number of likely N-dealkylation sites (N-methyl/N-ethyl adjacent to an activating group) is 1. The van der Waals surface area contributed by atoms with Crippen LogP contribution in [0.5, 0.6) is 0 Å². The van der Waals surface area contributed by atoms with Crippen molar-refractivity contribution in [3.05, 3.63) is 11.8 Å². The lowest BCUT2D eigenvalue weighted by Crippen LogP contribution is -2.34. The molecule has 17 heavy (non-hydrogen) atoms. The summed E-state index contributed by atoms with van der Waals surface area (Å²) in [6.45, 7) is 1.17. The highest BCUT2D eigenvalue weighted by molar-refractivity contribution is 5.07. The Labute approximate surface area is 106 Å². The predicted octanol–water partition coefficient (Wildman–Crippen LogP) is 0.502. The van der Waals surface area contributed by atoms with Gasteiger partial charge < -0.3 is 14.4 Å². The highest BCUT2D eigenvalue weighted by Gasteiger charge is 2.16. The zero-order valence-corrected chi connectivity index (χ0v) is 12.2. The monoisotopic (exact) mass is 245 g/mol. The summed E-state index contributed by atoms with van der Waals surface area (Å²) < 4.78 is 11.1. The number of hydrogen-bond acceptors (Lipinski definition) is 5. The van der Waals surface area contributed by atoms with Gasteiger partial charge in [0.2, 0.25) is 0 Å². The average Bonchev–Trinajstić information content (AvgIpc) is 2.16. The summed E-state index contributed by atoms with van der Waals surface area (Å²) >= 11 is 0. The molecule has 0 amide bonds. The fraction of sp³-hybridized carbons (Fsp3) is 0.833. The topological polar surface area (TPSA) is 28.2 Å². The summed E-state index contributed by atoms with van der Waals surface area (Å²) in [6, 6.07) is 0. The molecular weight excluding hydrogens is 218 g/mol. The van der Waals surface area contributed by atoms with E-state index in [0.717, 1.165) is 5.57 Å². The molecule has 0 saturated heterocycles. The van der Waals surface area contributed by atoms with Crippen LogP contribution in [0.3, 0.4) is 0 Å². The smallest absolute Gasteiger partial charge is 0.135 e. The van der Waals surface area contributed by atoms with Crippen LogP contribution in [0.1, 0.15) is 0 Å². The number of nitrogens with zero attached hydrogens (tertiary/aromatic N) is 3. The molecule has 0 aliphatic rings. The molecule has 5 heteroatoms. The number of rotatable bonds is 8. The van der Waals surface area contributed by atoms with Crippen molar-refractivity contribution in [3.8, 4) is 0 Å². The first-order valence-electron chi connectivity index (χ1n) is 5.67. The van der Waals surface area contributed by atoms with Gasteiger partial charge in [-0.1, -0.05) is 0 Å². The van der Waals surface area contributed by atoms with Crippen molar-refractivity contribution in [2.45, 2.75) is 6.23 Å². The highest BCUT2D eigenvalue weighted by Crippen LogP contribution is 2.10.